The number of halogens is 8. The van der Waals surface area contributed by atoms with Crippen LogP contribution in [-0.2, 0) is 33.9 Å². The first-order chi connectivity index (χ1) is 13.1. The molecule has 0 heterocycles. The van der Waals surface area contributed by atoms with E-state index >= 15 is 0 Å². The van der Waals surface area contributed by atoms with Crippen molar-refractivity contribution in [2.45, 2.75) is 49.8 Å². The Morgan fingerprint density at radius 3 is 1.87 bits per heavy atom. The summed E-state index contributed by atoms with van der Waals surface area (Å²) in [5.74, 6) is -10.0. The molecule has 1 N–H and O–H groups in total. The van der Waals surface area contributed by atoms with E-state index in [-0.39, 0.29) is 6.92 Å². The summed E-state index contributed by atoms with van der Waals surface area (Å²) in [6.07, 6.45) is -17.0. The number of alkyl halides is 8. The van der Waals surface area contributed by atoms with Crippen molar-refractivity contribution in [1.29, 1.82) is 0 Å². The fraction of sp³-hybridized carbons (Fsp3) is 0.692. The van der Waals surface area contributed by atoms with Crippen molar-refractivity contribution in [1.82, 2.24) is 0 Å². The number of carbonyl (C=O) groups excluding carboxylic acids is 2. The molecule has 2 unspecified atom stereocenters. The highest BCUT2D eigenvalue weighted by Gasteiger charge is 2.69. The van der Waals surface area contributed by atoms with Crippen LogP contribution in [0, 0.1) is 0 Å². The predicted octanol–water partition coefficient (Wildman–Crippen LogP) is 2.75. The number of hydrogen-bond donors (Lipinski definition) is 1. The van der Waals surface area contributed by atoms with Crippen molar-refractivity contribution >= 4 is 22.1 Å². The minimum atomic E-state index is -6.19. The van der Waals surface area contributed by atoms with Crippen molar-refractivity contribution in [2.24, 2.45) is 0 Å². The van der Waals surface area contributed by atoms with Crippen molar-refractivity contribution < 1.29 is 71.9 Å². The van der Waals surface area contributed by atoms with E-state index in [1.807, 2.05) is 0 Å². The van der Waals surface area contributed by atoms with Gasteiger partial charge in [-0.2, -0.15) is 43.5 Å². The average Bonchev–Trinajstić information content (AvgIpc) is 2.49. The third kappa shape index (κ3) is 6.76. The molecular formula is C13H14F8O8S. The van der Waals surface area contributed by atoms with E-state index in [1.54, 1.807) is 0 Å². The van der Waals surface area contributed by atoms with Crippen LogP contribution in [0.15, 0.2) is 12.2 Å². The monoisotopic (exact) mass is 482 g/mol. The van der Waals surface area contributed by atoms with Crippen LogP contribution in [0.5, 0.6) is 0 Å². The Morgan fingerprint density at radius 1 is 1.07 bits per heavy atom. The Balaban J connectivity index is 6.11. The zero-order chi connectivity index (χ0) is 24.3. The van der Waals surface area contributed by atoms with E-state index in [4.69, 9.17) is 4.55 Å². The van der Waals surface area contributed by atoms with Crippen molar-refractivity contribution in [3.8, 4) is 0 Å². The van der Waals surface area contributed by atoms with E-state index in [1.165, 1.54) is 0 Å². The zero-order valence-corrected chi connectivity index (χ0v) is 15.8. The highest BCUT2D eigenvalue weighted by molar-refractivity contribution is 7.86. The highest BCUT2D eigenvalue weighted by Crippen LogP contribution is 2.39. The Bertz CT molecular complexity index is 773. The molecule has 0 radical (unpaired) electrons. The number of hydrogen-bond acceptors (Lipinski definition) is 7. The van der Waals surface area contributed by atoms with Gasteiger partial charge in [-0.25, -0.2) is 9.59 Å². The van der Waals surface area contributed by atoms with Crippen LogP contribution >= 0.6 is 0 Å². The molecule has 2 atom stereocenters. The normalized spacial score (nSPS) is 16.4. The molecule has 0 aromatic heterocycles. The van der Waals surface area contributed by atoms with E-state index in [9.17, 15) is 53.1 Å². The number of ether oxygens (including phenoxy) is 3. The van der Waals surface area contributed by atoms with Gasteiger partial charge in [-0.3, -0.25) is 4.55 Å². The quantitative estimate of drug-likeness (QED) is 0.175. The first-order valence-electron chi connectivity index (χ1n) is 7.30. The Hall–Kier alpha value is -2.01. The van der Waals surface area contributed by atoms with Crippen molar-refractivity contribution in [2.75, 3.05) is 6.61 Å². The summed E-state index contributed by atoms with van der Waals surface area (Å²) < 4.78 is 145. The van der Waals surface area contributed by atoms with Crippen molar-refractivity contribution in [3.63, 3.8) is 0 Å². The fourth-order valence-electron chi connectivity index (χ4n) is 1.35. The summed E-state index contributed by atoms with van der Waals surface area (Å²) in [4.78, 5) is 23.3. The van der Waals surface area contributed by atoms with Crippen LogP contribution in [0.25, 0.3) is 0 Å². The zero-order valence-electron chi connectivity index (χ0n) is 14.9. The van der Waals surface area contributed by atoms with Crippen LogP contribution < -0.4 is 0 Å². The largest absolute Gasteiger partial charge is 0.468 e. The van der Waals surface area contributed by atoms with Gasteiger partial charge < -0.3 is 14.2 Å². The Labute approximate surface area is 163 Å². The SMILES string of the molecule is C=C(C)C(=O)OC(OCCC(F)(F)S(=O)(=O)O)(C(=O)OC(C)C(F)(F)F)C(F)(F)F. The second-order valence-electron chi connectivity index (χ2n) is 5.58. The van der Waals surface area contributed by atoms with Gasteiger partial charge in [0, 0.05) is 5.57 Å². The lowest BCUT2D eigenvalue weighted by Crippen LogP contribution is -2.59. The first-order valence-corrected chi connectivity index (χ1v) is 8.74. The van der Waals surface area contributed by atoms with Gasteiger partial charge in [0.05, 0.1) is 13.0 Å². The van der Waals surface area contributed by atoms with Crippen LogP contribution in [0.2, 0.25) is 0 Å². The van der Waals surface area contributed by atoms with Gasteiger partial charge in [-0.05, 0) is 13.8 Å². The van der Waals surface area contributed by atoms with E-state index < -0.39 is 70.2 Å². The molecule has 30 heavy (non-hydrogen) atoms. The molecule has 0 fully saturated rings. The van der Waals surface area contributed by atoms with E-state index in [0.29, 0.717) is 0 Å². The van der Waals surface area contributed by atoms with E-state index in [0.717, 1.165) is 6.92 Å². The topological polar surface area (TPSA) is 116 Å². The third-order valence-electron chi connectivity index (χ3n) is 3.05. The summed E-state index contributed by atoms with van der Waals surface area (Å²) in [6, 6.07) is 0. The summed E-state index contributed by atoms with van der Waals surface area (Å²) in [5, 5.41) is -5.08. The van der Waals surface area contributed by atoms with Gasteiger partial charge in [0.2, 0.25) is 0 Å². The molecule has 0 amide bonds. The lowest BCUT2D eigenvalue weighted by atomic mass is 10.2. The van der Waals surface area contributed by atoms with Crippen molar-refractivity contribution in [3.05, 3.63) is 12.2 Å². The smallest absolute Gasteiger partial charge is 0.448 e. The lowest BCUT2D eigenvalue weighted by Gasteiger charge is -2.33. The van der Waals surface area contributed by atoms with Crippen LogP contribution in [0.4, 0.5) is 35.1 Å². The molecule has 0 spiro atoms. The predicted molar refractivity (Wildman–Crippen MR) is 78.4 cm³/mol. The number of esters is 2. The maximum atomic E-state index is 13.5. The van der Waals surface area contributed by atoms with Gasteiger partial charge >= 0.3 is 45.5 Å². The van der Waals surface area contributed by atoms with E-state index in [2.05, 4.69) is 20.8 Å². The summed E-state index contributed by atoms with van der Waals surface area (Å²) in [6.45, 7) is 1.69. The Morgan fingerprint density at radius 2 is 1.53 bits per heavy atom. The molecule has 0 bridgehead atoms. The molecular weight excluding hydrogens is 468 g/mol. The number of carbonyl (C=O) groups is 2. The minimum absolute atomic E-state index is 0.103. The van der Waals surface area contributed by atoms with Gasteiger partial charge in [0.25, 0.3) is 0 Å². The lowest BCUT2D eigenvalue weighted by molar-refractivity contribution is -0.359. The fourth-order valence-corrected chi connectivity index (χ4v) is 1.69. The molecule has 0 rings (SSSR count). The molecule has 8 nitrogen and oxygen atoms in total. The van der Waals surface area contributed by atoms with Gasteiger partial charge in [0.15, 0.2) is 6.10 Å². The maximum Gasteiger partial charge on any atom is 0.468 e. The van der Waals surface area contributed by atoms with Crippen LogP contribution in [0.3, 0.4) is 0 Å². The van der Waals surface area contributed by atoms with Gasteiger partial charge in [0.1, 0.15) is 0 Å². The van der Waals surface area contributed by atoms with Gasteiger partial charge in [-0.15, -0.1) is 0 Å². The average molecular weight is 482 g/mol. The molecule has 0 aromatic rings. The second kappa shape index (κ2) is 9.01. The molecule has 176 valence electrons. The summed E-state index contributed by atoms with van der Waals surface area (Å²) in [5.41, 5.74) is -0.813. The number of rotatable bonds is 9. The summed E-state index contributed by atoms with van der Waals surface area (Å²) >= 11 is 0. The molecule has 0 aromatic carbocycles. The minimum Gasteiger partial charge on any atom is -0.448 e. The highest BCUT2D eigenvalue weighted by atomic mass is 32.2. The molecule has 17 heteroatoms. The maximum absolute atomic E-state index is 13.5. The first kappa shape index (κ1) is 28.0. The Kier molecular flexibility index (Phi) is 8.40. The van der Waals surface area contributed by atoms with Crippen LogP contribution in [0.1, 0.15) is 20.3 Å². The molecule has 0 aliphatic rings. The molecule has 0 saturated heterocycles. The van der Waals surface area contributed by atoms with Crippen LogP contribution in [-0.4, -0.2) is 61.0 Å². The molecule has 0 aliphatic carbocycles. The summed E-state index contributed by atoms with van der Waals surface area (Å²) in [7, 11) is -6.13. The van der Waals surface area contributed by atoms with Gasteiger partial charge in [-0.1, -0.05) is 6.58 Å². The third-order valence-corrected chi connectivity index (χ3v) is 4.01. The molecule has 0 saturated carbocycles. The standard InChI is InChI=1S/C13H14F8O8S/c1-6(2)8(22)29-11(13(19,20)21,9(23)28-7(3)12(16,17)18)27-5-4-10(14,15)30(24,25)26/h7H,1,4-5H2,2-3H3,(H,24,25,26). The second-order valence-corrected chi connectivity index (χ2v) is 7.13. The molecule has 0 aliphatic heterocycles.